The Kier molecular flexibility index (Phi) is 13.2. The van der Waals surface area contributed by atoms with Crippen molar-refractivity contribution in [1.29, 1.82) is 0 Å². The van der Waals surface area contributed by atoms with Gasteiger partial charge in [0.25, 0.3) is 11.8 Å². The molecule has 0 spiro atoms. The van der Waals surface area contributed by atoms with Crippen LogP contribution in [0.25, 0.3) is 21.7 Å². The van der Waals surface area contributed by atoms with Crippen LogP contribution in [0.1, 0.15) is 123 Å². The number of para-hydroxylation sites is 1. The summed E-state index contributed by atoms with van der Waals surface area (Å²) in [7, 11) is 0. The Morgan fingerprint density at radius 3 is 1.94 bits per heavy atom. The lowest BCUT2D eigenvalue weighted by Crippen LogP contribution is -2.50. The number of hydrogen-bond donors (Lipinski definition) is 3. The molecule has 0 aliphatic carbocycles. The largest absolute Gasteiger partial charge is 0.394 e. The smallest absolute Gasteiger partial charge is 0.261 e. The Balaban J connectivity index is 1.15. The molecule has 4 aromatic rings. The highest BCUT2D eigenvalue weighted by Gasteiger charge is 2.37. The van der Waals surface area contributed by atoms with Crippen molar-refractivity contribution in [2.75, 3.05) is 18.6 Å². The first-order chi connectivity index (χ1) is 23.6. The molecule has 8 heteroatoms. The second-order valence-corrected chi connectivity index (χ2v) is 13.1. The summed E-state index contributed by atoms with van der Waals surface area (Å²) in [5, 5.41) is 26.3. The zero-order chi connectivity index (χ0) is 33.7. The zero-order valence-corrected chi connectivity index (χ0v) is 28.5. The third kappa shape index (κ3) is 8.34. The van der Waals surface area contributed by atoms with Crippen LogP contribution < -0.4 is 5.43 Å². The molecule has 0 bridgehead atoms. The van der Waals surface area contributed by atoms with E-state index in [9.17, 15) is 19.8 Å². The van der Waals surface area contributed by atoms with Gasteiger partial charge in [0.15, 0.2) is 0 Å². The van der Waals surface area contributed by atoms with Crippen molar-refractivity contribution in [3.05, 3.63) is 77.5 Å². The number of amides is 2. The van der Waals surface area contributed by atoms with Crippen molar-refractivity contribution >= 4 is 45.4 Å². The Labute approximate surface area is 284 Å². The number of aliphatic hydroxyl groups excluding tert-OH is 2. The SMILES string of the molecule is CCCCCCCCCCCCCCCCn1cc(/C=N/Nc2ccc3c4c(cccc24)C(=O)N(C(CO)CO)C3=O)c2ccccc21. The minimum atomic E-state index is -0.993. The molecular weight excluding hydrogens is 600 g/mol. The van der Waals surface area contributed by atoms with E-state index in [0.717, 1.165) is 28.8 Å². The fourth-order valence-corrected chi connectivity index (χ4v) is 6.98. The maximum atomic E-state index is 13.3. The molecule has 0 radical (unpaired) electrons. The number of nitrogens with zero attached hydrogens (tertiary/aromatic N) is 3. The molecule has 1 aliphatic heterocycles. The first kappa shape index (κ1) is 35.3. The third-order valence-corrected chi connectivity index (χ3v) is 9.69. The van der Waals surface area contributed by atoms with E-state index in [1.54, 1.807) is 24.3 Å². The van der Waals surface area contributed by atoms with Gasteiger partial charge in [0.2, 0.25) is 0 Å². The Morgan fingerprint density at radius 1 is 0.708 bits per heavy atom. The monoisotopic (exact) mass is 652 g/mol. The van der Waals surface area contributed by atoms with E-state index in [4.69, 9.17) is 0 Å². The minimum Gasteiger partial charge on any atom is -0.394 e. The summed E-state index contributed by atoms with van der Waals surface area (Å²) < 4.78 is 2.33. The van der Waals surface area contributed by atoms with Gasteiger partial charge in [-0.25, -0.2) is 0 Å². The first-order valence-electron chi connectivity index (χ1n) is 18.1. The van der Waals surface area contributed by atoms with Crippen molar-refractivity contribution in [1.82, 2.24) is 9.47 Å². The normalized spacial score (nSPS) is 13.2. The number of aliphatic hydroxyl groups is 2. The van der Waals surface area contributed by atoms with Gasteiger partial charge in [0.05, 0.1) is 31.2 Å². The molecule has 5 rings (SSSR count). The predicted octanol–water partition coefficient (Wildman–Crippen LogP) is 8.67. The van der Waals surface area contributed by atoms with Crippen LogP contribution in [0, 0.1) is 0 Å². The van der Waals surface area contributed by atoms with E-state index in [-0.39, 0.29) is 0 Å². The lowest BCUT2D eigenvalue weighted by Gasteiger charge is -2.32. The van der Waals surface area contributed by atoms with Crippen LogP contribution in [0.4, 0.5) is 5.69 Å². The summed E-state index contributed by atoms with van der Waals surface area (Å²) in [4.78, 5) is 27.5. The number of fused-ring (bicyclic) bond motifs is 1. The number of imide groups is 1. The topological polar surface area (TPSA) is 107 Å². The van der Waals surface area contributed by atoms with Gasteiger partial charge in [-0.15, -0.1) is 0 Å². The molecule has 1 aromatic heterocycles. The van der Waals surface area contributed by atoms with Crippen molar-refractivity contribution in [2.45, 2.75) is 109 Å². The van der Waals surface area contributed by atoms with E-state index in [1.807, 2.05) is 18.3 Å². The number of hydrogen-bond acceptors (Lipinski definition) is 6. The number of unbranched alkanes of at least 4 members (excludes halogenated alkanes) is 13. The summed E-state index contributed by atoms with van der Waals surface area (Å²) in [5.74, 6) is -1.06. The van der Waals surface area contributed by atoms with E-state index in [1.165, 1.54) is 89.0 Å². The average Bonchev–Trinajstić information content (AvgIpc) is 3.46. The van der Waals surface area contributed by atoms with Crippen LogP contribution >= 0.6 is 0 Å². The lowest BCUT2D eigenvalue weighted by molar-refractivity contribution is 0.0375. The van der Waals surface area contributed by atoms with Crippen LogP contribution in [0.2, 0.25) is 0 Å². The van der Waals surface area contributed by atoms with Crippen LogP contribution in [0.5, 0.6) is 0 Å². The molecule has 256 valence electrons. The maximum absolute atomic E-state index is 13.3. The van der Waals surface area contributed by atoms with Gasteiger partial charge in [-0.3, -0.25) is 19.9 Å². The quantitative estimate of drug-likeness (QED) is 0.0361. The summed E-state index contributed by atoms with van der Waals surface area (Å²) in [6.07, 6.45) is 22.9. The third-order valence-electron chi connectivity index (χ3n) is 9.69. The highest BCUT2D eigenvalue weighted by Crippen LogP contribution is 2.35. The maximum Gasteiger partial charge on any atom is 0.261 e. The summed E-state index contributed by atoms with van der Waals surface area (Å²) in [5.41, 5.74) is 6.74. The van der Waals surface area contributed by atoms with Gasteiger partial charge in [-0.05, 0) is 30.7 Å². The fourth-order valence-electron chi connectivity index (χ4n) is 6.98. The van der Waals surface area contributed by atoms with E-state index < -0.39 is 31.1 Å². The van der Waals surface area contributed by atoms with Crippen LogP contribution in [-0.4, -0.2) is 57.0 Å². The van der Waals surface area contributed by atoms with Crippen LogP contribution in [-0.2, 0) is 6.54 Å². The number of aromatic nitrogens is 1. The number of carbonyl (C=O) groups excluding carboxylic acids is 2. The van der Waals surface area contributed by atoms with E-state index in [0.29, 0.717) is 27.6 Å². The molecule has 1 aliphatic rings. The molecule has 48 heavy (non-hydrogen) atoms. The van der Waals surface area contributed by atoms with Crippen molar-refractivity contribution in [3.63, 3.8) is 0 Å². The molecular formula is C40H52N4O4. The van der Waals surface area contributed by atoms with Crippen LogP contribution in [0.15, 0.2) is 65.9 Å². The number of rotatable bonds is 21. The summed E-state index contributed by atoms with van der Waals surface area (Å²) in [6.45, 7) is 2.23. The van der Waals surface area contributed by atoms with Gasteiger partial charge in [-0.1, -0.05) is 121 Å². The molecule has 3 aromatic carbocycles. The van der Waals surface area contributed by atoms with Crippen molar-refractivity contribution < 1.29 is 19.8 Å². The summed E-state index contributed by atoms with van der Waals surface area (Å²) in [6, 6.07) is 16.1. The van der Waals surface area contributed by atoms with Gasteiger partial charge in [0.1, 0.15) is 0 Å². The van der Waals surface area contributed by atoms with Gasteiger partial charge in [-0.2, -0.15) is 5.10 Å². The second kappa shape index (κ2) is 17.9. The van der Waals surface area contributed by atoms with E-state index in [2.05, 4.69) is 46.4 Å². The molecule has 0 saturated heterocycles. The van der Waals surface area contributed by atoms with Crippen molar-refractivity contribution in [2.24, 2.45) is 5.10 Å². The predicted molar refractivity (Wildman–Crippen MR) is 196 cm³/mol. The molecule has 3 N–H and O–H groups in total. The summed E-state index contributed by atoms with van der Waals surface area (Å²) >= 11 is 0. The minimum absolute atomic E-state index is 0.355. The van der Waals surface area contributed by atoms with Crippen LogP contribution in [0.3, 0.4) is 0 Å². The molecule has 0 unspecified atom stereocenters. The second-order valence-electron chi connectivity index (χ2n) is 13.1. The first-order valence-corrected chi connectivity index (χ1v) is 18.1. The highest BCUT2D eigenvalue weighted by atomic mass is 16.3. The van der Waals surface area contributed by atoms with Gasteiger partial charge < -0.3 is 14.8 Å². The fraction of sp³-hybridized carbons (Fsp3) is 0.475. The molecule has 2 heterocycles. The molecule has 0 saturated carbocycles. The molecule has 8 nitrogen and oxygen atoms in total. The standard InChI is InChI=1S/C40H52N4O4/c1-2-3-4-5-6-7-8-9-10-11-12-13-14-17-25-43-27-30(32-19-15-16-22-37(32)43)26-41-42-36-24-23-35-38-33(36)20-18-21-34(38)39(47)44(40(35)48)31(28-45)29-46/h15-16,18-24,26-27,31,42,45-46H,2-14,17,25,28-29H2,1H3/b41-26+. The van der Waals surface area contributed by atoms with Crippen molar-refractivity contribution in [3.8, 4) is 0 Å². The average molecular weight is 653 g/mol. The Hall–Kier alpha value is -4.01. The number of carbonyl (C=O) groups is 2. The van der Waals surface area contributed by atoms with Gasteiger partial charge in [0, 0.05) is 51.1 Å². The number of hydrazone groups is 1. The number of nitrogens with one attached hydrogen (secondary N) is 1. The zero-order valence-electron chi connectivity index (χ0n) is 28.5. The highest BCUT2D eigenvalue weighted by molar-refractivity contribution is 6.27. The number of anilines is 1. The van der Waals surface area contributed by atoms with Gasteiger partial charge >= 0.3 is 0 Å². The molecule has 2 amide bonds. The Bertz CT molecular complexity index is 1670. The number of aryl methyl sites for hydroxylation is 1. The Morgan fingerprint density at radius 2 is 1.29 bits per heavy atom. The molecule has 0 fully saturated rings. The molecule has 0 atom stereocenters. The number of benzene rings is 3. The lowest BCUT2D eigenvalue weighted by atomic mass is 9.92. The van der Waals surface area contributed by atoms with E-state index >= 15 is 0 Å².